The van der Waals surface area contributed by atoms with Crippen LogP contribution in [0.5, 0.6) is 0 Å². The highest BCUT2D eigenvalue weighted by molar-refractivity contribution is 6.21. The van der Waals surface area contributed by atoms with E-state index in [2.05, 4.69) is 5.32 Å². The van der Waals surface area contributed by atoms with Crippen molar-refractivity contribution in [3.8, 4) is 6.07 Å². The Bertz CT molecular complexity index is 457. The number of imide groups is 1. The second kappa shape index (κ2) is 2.42. The largest absolute Gasteiger partial charge is 0.288 e. The van der Waals surface area contributed by atoms with Crippen LogP contribution in [0.25, 0.3) is 0 Å². The molecule has 4 heteroatoms. The van der Waals surface area contributed by atoms with Gasteiger partial charge in [-0.15, -0.1) is 0 Å². The van der Waals surface area contributed by atoms with E-state index in [1.54, 1.807) is 0 Å². The first-order chi connectivity index (χ1) is 6.22. The predicted octanol–water partition coefficient (Wildman–Crippen LogP) is 0.442. The molecular weight excluding hydrogens is 168 g/mol. The van der Waals surface area contributed by atoms with Crippen LogP contribution in [0.3, 0.4) is 0 Å². The third kappa shape index (κ3) is 0.983. The summed E-state index contributed by atoms with van der Waals surface area (Å²) in [5.74, 6) is -0.832. The molecule has 0 unspecified atom stereocenters. The van der Waals surface area contributed by atoms with E-state index < -0.39 is 11.8 Å². The van der Waals surface area contributed by atoms with Crippen LogP contribution in [0, 0.1) is 11.3 Å². The maximum atomic E-state index is 11.1. The van der Waals surface area contributed by atoms with E-state index in [1.807, 2.05) is 6.07 Å². The van der Waals surface area contributed by atoms with E-state index in [-0.39, 0.29) is 5.56 Å². The van der Waals surface area contributed by atoms with Crippen molar-refractivity contribution >= 4 is 11.8 Å². The van der Waals surface area contributed by atoms with Gasteiger partial charge in [0.15, 0.2) is 0 Å². The van der Waals surface area contributed by atoms with Gasteiger partial charge in [0.25, 0.3) is 11.8 Å². The summed E-state index contributed by atoms with van der Waals surface area (Å²) < 4.78 is 0. The minimum atomic E-state index is -0.433. The van der Waals surface area contributed by atoms with E-state index in [0.29, 0.717) is 11.1 Å². The highest BCUT2D eigenvalue weighted by Gasteiger charge is 2.26. The summed E-state index contributed by atoms with van der Waals surface area (Å²) in [6.07, 6.45) is 0. The van der Waals surface area contributed by atoms with Crippen molar-refractivity contribution in [3.63, 3.8) is 0 Å². The van der Waals surface area contributed by atoms with Crippen LogP contribution in [0.1, 0.15) is 26.3 Å². The van der Waals surface area contributed by atoms with Crippen LogP contribution < -0.4 is 5.32 Å². The topological polar surface area (TPSA) is 70.0 Å². The normalized spacial score (nSPS) is 13.5. The van der Waals surface area contributed by atoms with Crippen molar-refractivity contribution in [3.05, 3.63) is 34.9 Å². The van der Waals surface area contributed by atoms with Gasteiger partial charge in [-0.05, 0) is 18.2 Å². The average Bonchev–Trinajstić information content (AvgIpc) is 2.42. The fraction of sp³-hybridized carbons (Fsp3) is 0. The Labute approximate surface area is 73.8 Å². The Balaban J connectivity index is 2.67. The van der Waals surface area contributed by atoms with Gasteiger partial charge in [0.05, 0.1) is 22.8 Å². The van der Waals surface area contributed by atoms with Gasteiger partial charge >= 0.3 is 0 Å². The van der Waals surface area contributed by atoms with Crippen molar-refractivity contribution in [2.45, 2.75) is 0 Å². The average molecular weight is 172 g/mol. The molecule has 0 bridgehead atoms. The summed E-state index contributed by atoms with van der Waals surface area (Å²) in [5.41, 5.74) is 0.997. The molecule has 1 N–H and O–H groups in total. The van der Waals surface area contributed by atoms with Crippen LogP contribution in [-0.4, -0.2) is 11.8 Å². The molecule has 2 amide bonds. The lowest BCUT2D eigenvalue weighted by atomic mass is 10.1. The molecule has 0 saturated carbocycles. The Morgan fingerprint density at radius 1 is 1.15 bits per heavy atom. The first-order valence-electron chi connectivity index (χ1n) is 3.62. The molecule has 62 valence electrons. The molecule has 0 aliphatic carbocycles. The highest BCUT2D eigenvalue weighted by Crippen LogP contribution is 2.16. The number of amides is 2. The van der Waals surface area contributed by atoms with Gasteiger partial charge in [0.1, 0.15) is 0 Å². The molecule has 0 radical (unpaired) electrons. The number of carbonyl (C=O) groups is 2. The number of nitriles is 1. The number of hydrogen-bond acceptors (Lipinski definition) is 3. The zero-order valence-corrected chi connectivity index (χ0v) is 6.50. The van der Waals surface area contributed by atoms with Crippen LogP contribution in [0.2, 0.25) is 0 Å². The number of nitrogens with one attached hydrogen (secondary N) is 1. The van der Waals surface area contributed by atoms with Gasteiger partial charge in [0.2, 0.25) is 0 Å². The molecule has 1 heterocycles. The molecule has 0 saturated heterocycles. The van der Waals surface area contributed by atoms with Crippen LogP contribution in [0.4, 0.5) is 0 Å². The molecule has 0 atom stereocenters. The number of benzene rings is 1. The number of nitrogens with zero attached hydrogens (tertiary/aromatic N) is 1. The highest BCUT2D eigenvalue weighted by atomic mass is 16.2. The lowest BCUT2D eigenvalue weighted by Crippen LogP contribution is -2.19. The lowest BCUT2D eigenvalue weighted by Gasteiger charge is -1.92. The number of fused-ring (bicyclic) bond motifs is 1. The molecule has 1 aromatic rings. The molecule has 13 heavy (non-hydrogen) atoms. The van der Waals surface area contributed by atoms with Gasteiger partial charge < -0.3 is 0 Å². The standard InChI is InChI=1S/C9H4N2O2/c10-4-5-1-2-6-7(3-5)9(13)11-8(6)12/h1-3H,(H,11,12,13). The summed E-state index contributed by atoms with van der Waals surface area (Å²) >= 11 is 0. The predicted molar refractivity (Wildman–Crippen MR) is 43.0 cm³/mol. The first-order valence-corrected chi connectivity index (χ1v) is 3.62. The quantitative estimate of drug-likeness (QED) is 0.577. The molecule has 0 aromatic heterocycles. The third-order valence-electron chi connectivity index (χ3n) is 1.86. The van der Waals surface area contributed by atoms with Crippen LogP contribution in [0.15, 0.2) is 18.2 Å². The maximum Gasteiger partial charge on any atom is 0.258 e. The van der Waals surface area contributed by atoms with Gasteiger partial charge in [0, 0.05) is 0 Å². The monoisotopic (exact) mass is 172 g/mol. The van der Waals surface area contributed by atoms with Crippen molar-refractivity contribution in [1.82, 2.24) is 5.32 Å². The summed E-state index contributed by atoms with van der Waals surface area (Å²) in [5, 5.41) is 10.7. The second-order valence-electron chi connectivity index (χ2n) is 2.66. The molecule has 1 aliphatic heterocycles. The zero-order valence-electron chi connectivity index (χ0n) is 6.50. The molecule has 0 spiro atoms. The molecule has 4 nitrogen and oxygen atoms in total. The number of carbonyl (C=O) groups excluding carboxylic acids is 2. The van der Waals surface area contributed by atoms with Gasteiger partial charge in [-0.1, -0.05) is 0 Å². The van der Waals surface area contributed by atoms with Crippen molar-refractivity contribution in [2.24, 2.45) is 0 Å². The number of hydrogen-bond donors (Lipinski definition) is 1. The lowest BCUT2D eigenvalue weighted by molar-refractivity contribution is 0.0879. The Kier molecular flexibility index (Phi) is 1.40. The van der Waals surface area contributed by atoms with E-state index in [0.717, 1.165) is 0 Å². The smallest absolute Gasteiger partial charge is 0.258 e. The Morgan fingerprint density at radius 2 is 1.85 bits per heavy atom. The van der Waals surface area contributed by atoms with Crippen molar-refractivity contribution in [1.29, 1.82) is 5.26 Å². The van der Waals surface area contributed by atoms with Gasteiger partial charge in [-0.2, -0.15) is 5.26 Å². The minimum absolute atomic E-state index is 0.282. The molecule has 1 aliphatic rings. The third-order valence-corrected chi connectivity index (χ3v) is 1.86. The van der Waals surface area contributed by atoms with Crippen molar-refractivity contribution in [2.75, 3.05) is 0 Å². The van der Waals surface area contributed by atoms with E-state index >= 15 is 0 Å². The van der Waals surface area contributed by atoms with E-state index in [9.17, 15) is 9.59 Å². The molecular formula is C9H4N2O2. The minimum Gasteiger partial charge on any atom is -0.288 e. The van der Waals surface area contributed by atoms with Gasteiger partial charge in [-0.3, -0.25) is 14.9 Å². The second-order valence-corrected chi connectivity index (χ2v) is 2.66. The first kappa shape index (κ1) is 7.50. The number of rotatable bonds is 0. The van der Waals surface area contributed by atoms with Crippen LogP contribution in [-0.2, 0) is 0 Å². The Hall–Kier alpha value is -2.15. The van der Waals surface area contributed by atoms with E-state index in [4.69, 9.17) is 5.26 Å². The van der Waals surface area contributed by atoms with Crippen LogP contribution >= 0.6 is 0 Å². The Morgan fingerprint density at radius 3 is 2.54 bits per heavy atom. The fourth-order valence-corrected chi connectivity index (χ4v) is 1.24. The maximum absolute atomic E-state index is 11.1. The summed E-state index contributed by atoms with van der Waals surface area (Å²) in [4.78, 5) is 22.2. The molecule has 0 fully saturated rings. The molecule has 1 aromatic carbocycles. The SMILES string of the molecule is N#Cc1ccc2c(c1)C(=O)NC2=O. The summed E-state index contributed by atoms with van der Waals surface area (Å²) in [6.45, 7) is 0. The summed E-state index contributed by atoms with van der Waals surface area (Å²) in [6, 6.07) is 6.30. The van der Waals surface area contributed by atoms with E-state index in [1.165, 1.54) is 18.2 Å². The van der Waals surface area contributed by atoms with Crippen molar-refractivity contribution < 1.29 is 9.59 Å². The van der Waals surface area contributed by atoms with Gasteiger partial charge in [-0.25, -0.2) is 0 Å². The zero-order chi connectivity index (χ0) is 9.42. The molecule has 2 rings (SSSR count). The fourth-order valence-electron chi connectivity index (χ4n) is 1.24. The summed E-state index contributed by atoms with van der Waals surface area (Å²) in [7, 11) is 0.